The van der Waals surface area contributed by atoms with Crippen LogP contribution in [0.15, 0.2) is 11.2 Å². The Hall–Kier alpha value is -0.440. The number of aromatic nitrogens is 2. The van der Waals surface area contributed by atoms with Crippen LogP contribution >= 0.6 is 11.8 Å². The third-order valence-corrected chi connectivity index (χ3v) is 2.45. The van der Waals surface area contributed by atoms with Crippen LogP contribution in [0.4, 0.5) is 0 Å². The second kappa shape index (κ2) is 3.81. The van der Waals surface area contributed by atoms with E-state index < -0.39 is 0 Å². The molecular weight excluding hydrogens is 156 g/mol. The number of nitrogens with one attached hydrogen (secondary N) is 1. The van der Waals surface area contributed by atoms with Gasteiger partial charge in [0.2, 0.25) is 0 Å². The largest absolute Gasteiger partial charge is 0.272 e. The molecule has 0 spiro atoms. The molecule has 0 fully saturated rings. The number of H-pyrrole nitrogens is 1. The van der Waals surface area contributed by atoms with Crippen molar-refractivity contribution in [2.24, 2.45) is 0 Å². The zero-order valence-corrected chi connectivity index (χ0v) is 8.03. The summed E-state index contributed by atoms with van der Waals surface area (Å²) in [6, 6.07) is 0. The maximum Gasteiger partial charge on any atom is 0.0942 e. The van der Waals surface area contributed by atoms with Crippen LogP contribution in [-0.4, -0.2) is 16.0 Å². The average molecular weight is 170 g/mol. The fourth-order valence-corrected chi connectivity index (χ4v) is 1.82. The Morgan fingerprint density at radius 1 is 1.64 bits per heavy atom. The zero-order valence-electron chi connectivity index (χ0n) is 7.22. The molecule has 0 aromatic carbocycles. The number of thioether (sulfide) groups is 1. The molecule has 0 aliphatic heterocycles. The first kappa shape index (κ1) is 8.65. The Balaban J connectivity index is 2.78. The van der Waals surface area contributed by atoms with Crippen molar-refractivity contribution >= 4 is 11.8 Å². The van der Waals surface area contributed by atoms with Crippen LogP contribution in [0.1, 0.15) is 32.3 Å². The van der Waals surface area contributed by atoms with Crippen LogP contribution in [0.5, 0.6) is 0 Å². The van der Waals surface area contributed by atoms with E-state index in [-0.39, 0.29) is 0 Å². The van der Waals surface area contributed by atoms with Crippen molar-refractivity contribution in [2.45, 2.75) is 31.7 Å². The van der Waals surface area contributed by atoms with E-state index in [2.05, 4.69) is 31.0 Å². The van der Waals surface area contributed by atoms with Crippen LogP contribution in [0, 0.1) is 0 Å². The predicted molar refractivity (Wildman–Crippen MR) is 49.1 cm³/mol. The van der Waals surface area contributed by atoms with Gasteiger partial charge in [0, 0.05) is 5.56 Å². The summed E-state index contributed by atoms with van der Waals surface area (Å²) in [6.45, 7) is 6.52. The molecule has 3 heteroatoms. The summed E-state index contributed by atoms with van der Waals surface area (Å²) in [5.74, 6) is 1.67. The lowest BCUT2D eigenvalue weighted by Gasteiger charge is -2.03. The molecule has 0 saturated heterocycles. The van der Waals surface area contributed by atoms with Gasteiger partial charge in [0.25, 0.3) is 0 Å². The van der Waals surface area contributed by atoms with E-state index >= 15 is 0 Å². The Labute approximate surface area is 71.8 Å². The molecule has 0 bridgehead atoms. The summed E-state index contributed by atoms with van der Waals surface area (Å²) in [6.07, 6.45) is 1.92. The third kappa shape index (κ3) is 1.99. The number of aromatic amines is 1. The molecule has 0 aliphatic rings. The minimum absolute atomic E-state index is 0.572. The van der Waals surface area contributed by atoms with Gasteiger partial charge in [0.05, 0.1) is 11.2 Å². The van der Waals surface area contributed by atoms with Gasteiger partial charge in [-0.25, -0.2) is 0 Å². The van der Waals surface area contributed by atoms with Gasteiger partial charge >= 0.3 is 0 Å². The number of rotatable bonds is 3. The molecule has 0 radical (unpaired) electrons. The quantitative estimate of drug-likeness (QED) is 0.706. The molecule has 1 rings (SSSR count). The molecule has 2 nitrogen and oxygen atoms in total. The molecule has 1 heterocycles. The lowest BCUT2D eigenvalue weighted by atomic mass is 10.1. The maximum atomic E-state index is 4.02. The summed E-state index contributed by atoms with van der Waals surface area (Å²) in [4.78, 5) is 0. The Morgan fingerprint density at radius 3 is 2.91 bits per heavy atom. The lowest BCUT2D eigenvalue weighted by Crippen LogP contribution is -1.86. The van der Waals surface area contributed by atoms with Gasteiger partial charge in [0.1, 0.15) is 0 Å². The zero-order chi connectivity index (χ0) is 8.27. The summed E-state index contributed by atoms with van der Waals surface area (Å²) in [5.41, 5.74) is 1.33. The summed E-state index contributed by atoms with van der Waals surface area (Å²) >= 11 is 1.82. The van der Waals surface area contributed by atoms with Crippen LogP contribution in [-0.2, 0) is 0 Å². The van der Waals surface area contributed by atoms with Crippen molar-refractivity contribution in [3.63, 3.8) is 0 Å². The second-order valence-corrected chi connectivity index (χ2v) is 4.02. The fourth-order valence-electron chi connectivity index (χ4n) is 0.955. The first-order valence-electron chi connectivity index (χ1n) is 3.91. The van der Waals surface area contributed by atoms with Crippen LogP contribution < -0.4 is 0 Å². The van der Waals surface area contributed by atoms with Gasteiger partial charge in [-0.1, -0.05) is 20.8 Å². The Morgan fingerprint density at radius 2 is 2.36 bits per heavy atom. The van der Waals surface area contributed by atoms with Gasteiger partial charge in [-0.3, -0.25) is 5.10 Å². The van der Waals surface area contributed by atoms with E-state index in [9.17, 15) is 0 Å². The van der Waals surface area contributed by atoms with E-state index in [0.717, 1.165) is 5.75 Å². The highest BCUT2D eigenvalue weighted by atomic mass is 32.2. The van der Waals surface area contributed by atoms with E-state index in [1.165, 1.54) is 10.6 Å². The van der Waals surface area contributed by atoms with Gasteiger partial charge < -0.3 is 0 Å². The van der Waals surface area contributed by atoms with Crippen molar-refractivity contribution in [1.82, 2.24) is 10.2 Å². The van der Waals surface area contributed by atoms with Gasteiger partial charge in [-0.05, 0) is 11.7 Å². The standard InChI is InChI=1S/C8H14N2S/c1-4-11-8-7(6(2)3)5-9-10-8/h5-6H,4H2,1-3H3,(H,9,10). The molecule has 1 aromatic rings. The first-order chi connectivity index (χ1) is 5.25. The average Bonchev–Trinajstić information content (AvgIpc) is 2.36. The van der Waals surface area contributed by atoms with Crippen LogP contribution in [0.25, 0.3) is 0 Å². The number of hydrogen-bond acceptors (Lipinski definition) is 2. The fraction of sp³-hybridized carbons (Fsp3) is 0.625. The monoisotopic (exact) mass is 170 g/mol. The number of nitrogens with zero attached hydrogens (tertiary/aromatic N) is 1. The van der Waals surface area contributed by atoms with E-state index in [1.54, 1.807) is 0 Å². The second-order valence-electron chi connectivity index (χ2n) is 2.74. The van der Waals surface area contributed by atoms with Crippen LogP contribution in [0.2, 0.25) is 0 Å². The smallest absolute Gasteiger partial charge is 0.0942 e. The SMILES string of the molecule is CCSc1[nH]ncc1C(C)C. The molecule has 0 amide bonds. The minimum atomic E-state index is 0.572. The lowest BCUT2D eigenvalue weighted by molar-refractivity contribution is 0.837. The molecule has 0 unspecified atom stereocenters. The molecule has 0 aliphatic carbocycles. The van der Waals surface area contributed by atoms with E-state index in [0.29, 0.717) is 5.92 Å². The number of hydrogen-bond donors (Lipinski definition) is 1. The highest BCUT2D eigenvalue weighted by Gasteiger charge is 2.07. The molecule has 11 heavy (non-hydrogen) atoms. The predicted octanol–water partition coefficient (Wildman–Crippen LogP) is 2.65. The summed E-state index contributed by atoms with van der Waals surface area (Å²) in [7, 11) is 0. The van der Waals surface area contributed by atoms with E-state index in [1.807, 2.05) is 18.0 Å². The maximum absolute atomic E-state index is 4.02. The van der Waals surface area contributed by atoms with Crippen molar-refractivity contribution in [2.75, 3.05) is 5.75 Å². The van der Waals surface area contributed by atoms with Crippen molar-refractivity contribution in [1.29, 1.82) is 0 Å². The van der Waals surface area contributed by atoms with Crippen molar-refractivity contribution in [3.8, 4) is 0 Å². The third-order valence-electron chi connectivity index (χ3n) is 1.54. The molecule has 0 atom stereocenters. The van der Waals surface area contributed by atoms with Crippen molar-refractivity contribution < 1.29 is 0 Å². The first-order valence-corrected chi connectivity index (χ1v) is 4.90. The highest BCUT2D eigenvalue weighted by molar-refractivity contribution is 7.99. The highest BCUT2D eigenvalue weighted by Crippen LogP contribution is 2.25. The Kier molecular flexibility index (Phi) is 3.00. The van der Waals surface area contributed by atoms with Crippen molar-refractivity contribution in [3.05, 3.63) is 11.8 Å². The molecular formula is C8H14N2S. The van der Waals surface area contributed by atoms with Crippen LogP contribution in [0.3, 0.4) is 0 Å². The summed E-state index contributed by atoms with van der Waals surface area (Å²) < 4.78 is 0. The Bertz CT molecular complexity index is 218. The summed E-state index contributed by atoms with van der Waals surface area (Å²) in [5, 5.41) is 8.24. The van der Waals surface area contributed by atoms with E-state index in [4.69, 9.17) is 0 Å². The molecule has 0 saturated carbocycles. The normalized spacial score (nSPS) is 10.9. The van der Waals surface area contributed by atoms with Gasteiger partial charge in [-0.2, -0.15) is 5.10 Å². The molecule has 1 aromatic heterocycles. The van der Waals surface area contributed by atoms with Gasteiger partial charge in [-0.15, -0.1) is 11.8 Å². The molecule has 1 N–H and O–H groups in total. The van der Waals surface area contributed by atoms with Gasteiger partial charge in [0.15, 0.2) is 0 Å². The topological polar surface area (TPSA) is 28.7 Å². The minimum Gasteiger partial charge on any atom is -0.272 e. The molecule has 62 valence electrons.